The van der Waals surface area contributed by atoms with Crippen LogP contribution >= 0.6 is 0 Å². The number of pyridine rings is 2. The minimum atomic E-state index is -4.71. The first kappa shape index (κ1) is 26.2. The number of rotatable bonds is 7. The van der Waals surface area contributed by atoms with Gasteiger partial charge < -0.3 is 9.88 Å². The quantitative estimate of drug-likeness (QED) is 0.254. The molecule has 0 unspecified atom stereocenters. The molecule has 5 rings (SSSR count). The van der Waals surface area contributed by atoms with Gasteiger partial charge in [0.2, 0.25) is 0 Å². The van der Waals surface area contributed by atoms with E-state index in [4.69, 9.17) is 0 Å². The van der Waals surface area contributed by atoms with Crippen LogP contribution in [0.2, 0.25) is 0 Å². The lowest BCUT2D eigenvalue weighted by atomic mass is 10.0. The average molecular weight is 556 g/mol. The van der Waals surface area contributed by atoms with Gasteiger partial charge in [-0.25, -0.2) is 35.9 Å². The van der Waals surface area contributed by atoms with Gasteiger partial charge in [0.25, 0.3) is 10.0 Å². The molecule has 7 nitrogen and oxygen atoms in total. The summed E-state index contributed by atoms with van der Waals surface area (Å²) < 4.78 is 85.0. The van der Waals surface area contributed by atoms with Gasteiger partial charge in [0.05, 0.1) is 5.69 Å². The highest BCUT2D eigenvalue weighted by atomic mass is 32.2. The predicted octanol–water partition coefficient (Wildman–Crippen LogP) is 5.64. The van der Waals surface area contributed by atoms with E-state index in [9.17, 15) is 21.6 Å². The lowest BCUT2D eigenvalue weighted by molar-refractivity contribution is 0.553. The summed E-state index contributed by atoms with van der Waals surface area (Å²) in [7, 11) is -0.963. The zero-order valence-corrected chi connectivity index (χ0v) is 21.5. The second-order valence-electron chi connectivity index (χ2n) is 8.98. The molecule has 0 atom stereocenters. The van der Waals surface area contributed by atoms with Crippen LogP contribution in [0.4, 0.5) is 29.1 Å². The number of benzene rings is 2. The Bertz CT molecular complexity index is 1810. The number of aromatic nitrogens is 3. The molecule has 0 amide bonds. The Labute approximate surface area is 221 Å². The van der Waals surface area contributed by atoms with Crippen molar-refractivity contribution in [3.05, 3.63) is 102 Å². The zero-order chi connectivity index (χ0) is 27.9. The molecule has 0 bridgehead atoms. The van der Waals surface area contributed by atoms with Crippen molar-refractivity contribution in [1.29, 1.82) is 0 Å². The minimum absolute atomic E-state index is 0.246. The average Bonchev–Trinajstić information content (AvgIpc) is 3.31. The summed E-state index contributed by atoms with van der Waals surface area (Å²) >= 11 is 0. The zero-order valence-electron chi connectivity index (χ0n) is 20.6. The summed E-state index contributed by atoms with van der Waals surface area (Å²) in [6, 6.07) is 9.19. The van der Waals surface area contributed by atoms with Crippen molar-refractivity contribution < 1.29 is 26.0 Å². The lowest BCUT2D eigenvalue weighted by Crippen LogP contribution is -2.16. The topological polar surface area (TPSA) is 91.0 Å². The Balaban J connectivity index is 1.48. The number of hydrogen-bond donors (Lipinski definition) is 2. The molecule has 3 heterocycles. The van der Waals surface area contributed by atoms with Gasteiger partial charge in [-0.05, 0) is 54.1 Å². The van der Waals surface area contributed by atoms with Gasteiger partial charge in [0.1, 0.15) is 33.8 Å². The molecule has 2 N–H and O–H groups in total. The van der Waals surface area contributed by atoms with Crippen molar-refractivity contribution in [2.75, 3.05) is 23.7 Å². The maximum absolute atomic E-state index is 15.4. The summed E-state index contributed by atoms with van der Waals surface area (Å²) in [5.74, 6) is -3.53. The van der Waals surface area contributed by atoms with Crippen LogP contribution in [-0.2, 0) is 16.4 Å². The number of halogens is 4. The van der Waals surface area contributed by atoms with Crippen LogP contribution < -0.4 is 9.62 Å². The molecule has 3 aromatic heterocycles. The van der Waals surface area contributed by atoms with Gasteiger partial charge in [0.15, 0.2) is 5.82 Å². The smallest absolute Gasteiger partial charge is 0.265 e. The van der Waals surface area contributed by atoms with Crippen molar-refractivity contribution in [3.8, 4) is 11.1 Å². The van der Waals surface area contributed by atoms with E-state index in [-0.39, 0.29) is 6.42 Å². The highest BCUT2D eigenvalue weighted by Gasteiger charge is 2.24. The van der Waals surface area contributed by atoms with Gasteiger partial charge in [0, 0.05) is 61.2 Å². The first-order valence-corrected chi connectivity index (χ1v) is 13.1. The molecule has 0 saturated heterocycles. The minimum Gasteiger partial charge on any atom is -0.363 e. The number of fused-ring (bicyclic) bond motifs is 1. The van der Waals surface area contributed by atoms with E-state index in [2.05, 4.69) is 15.0 Å². The lowest BCUT2D eigenvalue weighted by Gasteiger charge is -2.13. The molecule has 200 valence electrons. The standard InChI is InChI=1S/C27H21F4N5O2S/c1-36(2)25-8-3-15(12-32-25)16-9-19-17(14-34-27(19)33-13-16)10-20-21(29)6-7-23(26(20)31)35-39(37,38)24-11-18(28)4-5-22(24)30/h3-9,11-14,35H,10H2,1-2H3,(H,33,34). The third-order valence-electron chi connectivity index (χ3n) is 6.14. The normalized spacial score (nSPS) is 11.6. The monoisotopic (exact) mass is 555 g/mol. The fourth-order valence-electron chi connectivity index (χ4n) is 4.10. The van der Waals surface area contributed by atoms with Crippen LogP contribution in [0, 0.1) is 23.3 Å². The fourth-order valence-corrected chi connectivity index (χ4v) is 5.24. The Morgan fingerprint density at radius 3 is 2.36 bits per heavy atom. The van der Waals surface area contributed by atoms with E-state index in [1.54, 1.807) is 18.6 Å². The van der Waals surface area contributed by atoms with E-state index < -0.39 is 49.4 Å². The summed E-state index contributed by atoms with van der Waals surface area (Å²) in [5.41, 5.74) is 1.50. The van der Waals surface area contributed by atoms with E-state index in [1.165, 1.54) is 0 Å². The second-order valence-corrected chi connectivity index (χ2v) is 10.6. The van der Waals surface area contributed by atoms with Crippen LogP contribution in [-0.4, -0.2) is 37.5 Å². The van der Waals surface area contributed by atoms with E-state index >= 15 is 4.39 Å². The Morgan fingerprint density at radius 1 is 0.897 bits per heavy atom. The molecular formula is C27H21F4N5O2S. The van der Waals surface area contributed by atoms with Gasteiger partial charge >= 0.3 is 0 Å². The SMILES string of the molecule is CN(C)c1ccc(-c2cnc3[nH]cc(Cc4c(F)ccc(NS(=O)(=O)c5cc(F)ccc5F)c4F)c3c2)cn1. The van der Waals surface area contributed by atoms with Crippen molar-refractivity contribution in [2.24, 2.45) is 0 Å². The molecule has 0 radical (unpaired) electrons. The first-order chi connectivity index (χ1) is 18.5. The highest BCUT2D eigenvalue weighted by molar-refractivity contribution is 7.92. The van der Waals surface area contributed by atoms with Gasteiger partial charge in [-0.3, -0.25) is 4.72 Å². The van der Waals surface area contributed by atoms with E-state index in [0.717, 1.165) is 35.1 Å². The molecule has 0 aliphatic carbocycles. The van der Waals surface area contributed by atoms with Crippen LogP contribution in [0.1, 0.15) is 11.1 Å². The summed E-state index contributed by atoms with van der Waals surface area (Å²) in [4.78, 5) is 12.6. The summed E-state index contributed by atoms with van der Waals surface area (Å²) in [6.45, 7) is 0. The number of nitrogens with zero attached hydrogens (tertiary/aromatic N) is 3. The Kier molecular flexibility index (Phi) is 6.73. The van der Waals surface area contributed by atoms with Crippen molar-refractivity contribution in [1.82, 2.24) is 15.0 Å². The molecule has 0 aliphatic heterocycles. The number of hydrogen-bond acceptors (Lipinski definition) is 5. The number of nitrogens with one attached hydrogen (secondary N) is 2. The molecule has 12 heteroatoms. The predicted molar refractivity (Wildman–Crippen MR) is 140 cm³/mol. The Hall–Kier alpha value is -4.45. The summed E-state index contributed by atoms with van der Waals surface area (Å²) in [5, 5.41) is 0.607. The number of aromatic amines is 1. The molecule has 39 heavy (non-hydrogen) atoms. The molecule has 0 saturated carbocycles. The number of H-pyrrole nitrogens is 1. The molecule has 0 aliphatic rings. The summed E-state index contributed by atoms with van der Waals surface area (Å²) in [6.07, 6.45) is 4.66. The highest BCUT2D eigenvalue weighted by Crippen LogP contribution is 2.30. The number of sulfonamides is 1. The third kappa shape index (κ3) is 5.15. The van der Waals surface area contributed by atoms with Crippen molar-refractivity contribution in [3.63, 3.8) is 0 Å². The van der Waals surface area contributed by atoms with Crippen LogP contribution in [0.15, 0.2) is 72.0 Å². The number of anilines is 2. The van der Waals surface area contributed by atoms with Crippen LogP contribution in [0.3, 0.4) is 0 Å². The fraction of sp³-hybridized carbons (Fsp3) is 0.111. The van der Waals surface area contributed by atoms with E-state index in [0.29, 0.717) is 28.7 Å². The van der Waals surface area contributed by atoms with Crippen molar-refractivity contribution in [2.45, 2.75) is 11.3 Å². The molecule has 5 aromatic rings. The maximum Gasteiger partial charge on any atom is 0.265 e. The van der Waals surface area contributed by atoms with Gasteiger partial charge in [-0.2, -0.15) is 0 Å². The molecule has 2 aromatic carbocycles. The van der Waals surface area contributed by atoms with Crippen molar-refractivity contribution >= 4 is 32.6 Å². The largest absolute Gasteiger partial charge is 0.363 e. The second kappa shape index (κ2) is 10.0. The van der Waals surface area contributed by atoms with Gasteiger partial charge in [-0.15, -0.1) is 0 Å². The first-order valence-electron chi connectivity index (χ1n) is 11.6. The molecule has 0 fully saturated rings. The maximum atomic E-state index is 15.4. The Morgan fingerprint density at radius 2 is 1.64 bits per heavy atom. The third-order valence-corrected chi connectivity index (χ3v) is 7.52. The van der Waals surface area contributed by atoms with Crippen LogP contribution in [0.25, 0.3) is 22.2 Å². The van der Waals surface area contributed by atoms with Crippen LogP contribution in [0.5, 0.6) is 0 Å². The molecular weight excluding hydrogens is 534 g/mol. The molecule has 0 spiro atoms. The van der Waals surface area contributed by atoms with E-state index in [1.807, 2.05) is 41.9 Å². The van der Waals surface area contributed by atoms with Gasteiger partial charge in [-0.1, -0.05) is 0 Å².